The number of rotatable bonds is 5. The van der Waals surface area contributed by atoms with Crippen molar-refractivity contribution in [2.75, 3.05) is 37.7 Å². The van der Waals surface area contributed by atoms with Crippen LogP contribution in [0.3, 0.4) is 0 Å². The highest BCUT2D eigenvalue weighted by Gasteiger charge is 2.26. The second-order valence-electron chi connectivity index (χ2n) is 9.42. The van der Waals surface area contributed by atoms with Gasteiger partial charge in [0.05, 0.1) is 0 Å². The molecule has 0 spiro atoms. The molecular formula is C30H28FN3O4. The maximum atomic E-state index is 13.4. The second-order valence-corrected chi connectivity index (χ2v) is 9.42. The summed E-state index contributed by atoms with van der Waals surface area (Å²) in [5.74, 6) is -1.33. The van der Waals surface area contributed by atoms with Gasteiger partial charge in [-0.15, -0.1) is 0 Å². The second kappa shape index (κ2) is 10.5. The van der Waals surface area contributed by atoms with E-state index in [2.05, 4.69) is 4.90 Å². The molecule has 1 amide bonds. The van der Waals surface area contributed by atoms with Crippen LogP contribution < -0.4 is 10.5 Å². The minimum absolute atomic E-state index is 0.103. The van der Waals surface area contributed by atoms with Crippen LogP contribution >= 0.6 is 0 Å². The molecule has 5 rings (SSSR count). The molecule has 0 N–H and O–H groups in total. The molecule has 194 valence electrons. The zero-order chi connectivity index (χ0) is 26.8. The molecule has 1 fully saturated rings. The van der Waals surface area contributed by atoms with E-state index in [4.69, 9.17) is 4.74 Å². The molecule has 0 bridgehead atoms. The number of nitrogens with zero attached hydrogens (tertiary/aromatic N) is 3. The van der Waals surface area contributed by atoms with E-state index < -0.39 is 12.6 Å². The van der Waals surface area contributed by atoms with Gasteiger partial charge in [-0.1, -0.05) is 48.0 Å². The molecule has 1 aliphatic rings. The van der Waals surface area contributed by atoms with Gasteiger partial charge in [0.25, 0.3) is 11.5 Å². The summed E-state index contributed by atoms with van der Waals surface area (Å²) in [5.41, 5.74) is 3.12. The Morgan fingerprint density at radius 1 is 0.868 bits per heavy atom. The maximum Gasteiger partial charge on any atom is 0.356 e. The fourth-order valence-electron chi connectivity index (χ4n) is 4.87. The van der Waals surface area contributed by atoms with E-state index in [9.17, 15) is 18.8 Å². The van der Waals surface area contributed by atoms with Crippen molar-refractivity contribution in [1.29, 1.82) is 0 Å². The van der Waals surface area contributed by atoms with Gasteiger partial charge < -0.3 is 19.1 Å². The average Bonchev–Trinajstić information content (AvgIpc) is 2.94. The summed E-state index contributed by atoms with van der Waals surface area (Å²) in [5, 5.41) is 1.15. The van der Waals surface area contributed by atoms with Crippen LogP contribution in [0, 0.1) is 12.7 Å². The van der Waals surface area contributed by atoms with Gasteiger partial charge in [-0.25, -0.2) is 9.18 Å². The Balaban J connectivity index is 1.35. The minimum atomic E-state index is -0.732. The predicted molar refractivity (Wildman–Crippen MR) is 145 cm³/mol. The Morgan fingerprint density at radius 3 is 2.16 bits per heavy atom. The van der Waals surface area contributed by atoms with Crippen molar-refractivity contribution >= 4 is 28.3 Å². The number of halogens is 1. The lowest BCUT2D eigenvalue weighted by atomic mass is 9.96. The fraction of sp³-hybridized carbons (Fsp3) is 0.233. The number of carbonyl (C=O) groups is 2. The zero-order valence-electron chi connectivity index (χ0n) is 21.3. The summed E-state index contributed by atoms with van der Waals surface area (Å²) in [6.45, 7) is 3.63. The third kappa shape index (κ3) is 4.89. The van der Waals surface area contributed by atoms with Gasteiger partial charge in [-0.3, -0.25) is 9.59 Å². The highest BCUT2D eigenvalue weighted by molar-refractivity contribution is 6.07. The number of aryl methyl sites for hydroxylation is 1. The number of piperazine rings is 1. The first-order valence-electron chi connectivity index (χ1n) is 12.5. The van der Waals surface area contributed by atoms with Gasteiger partial charge >= 0.3 is 5.97 Å². The smallest absolute Gasteiger partial charge is 0.356 e. The van der Waals surface area contributed by atoms with Gasteiger partial charge in [0, 0.05) is 49.9 Å². The van der Waals surface area contributed by atoms with Crippen molar-refractivity contribution < 1.29 is 18.7 Å². The van der Waals surface area contributed by atoms with E-state index in [0.717, 1.165) is 16.8 Å². The van der Waals surface area contributed by atoms with Crippen LogP contribution in [0.2, 0.25) is 0 Å². The fourth-order valence-corrected chi connectivity index (χ4v) is 4.87. The van der Waals surface area contributed by atoms with E-state index in [1.807, 2.05) is 43.3 Å². The molecule has 3 aromatic carbocycles. The predicted octanol–water partition coefficient (Wildman–Crippen LogP) is 4.16. The Bertz CT molecular complexity index is 1550. The van der Waals surface area contributed by atoms with Crippen molar-refractivity contribution in [1.82, 2.24) is 9.47 Å². The van der Waals surface area contributed by atoms with Crippen LogP contribution in [0.1, 0.15) is 16.1 Å². The molecule has 4 aromatic rings. The maximum absolute atomic E-state index is 13.4. The van der Waals surface area contributed by atoms with E-state index in [0.29, 0.717) is 42.5 Å². The number of esters is 1. The monoisotopic (exact) mass is 513 g/mol. The first-order chi connectivity index (χ1) is 18.3. The van der Waals surface area contributed by atoms with E-state index >= 15 is 0 Å². The quantitative estimate of drug-likeness (QED) is 0.375. The average molecular weight is 514 g/mol. The summed E-state index contributed by atoms with van der Waals surface area (Å²) in [7, 11) is 1.54. The molecule has 0 atom stereocenters. The number of carbonyl (C=O) groups excluding carboxylic acids is 2. The first-order valence-corrected chi connectivity index (χ1v) is 12.5. The van der Waals surface area contributed by atoms with Crippen LogP contribution in [0.5, 0.6) is 0 Å². The SMILES string of the molecule is Cc1ccc(-c2c(C(=O)OCC(=O)N3CCN(c4ccc(F)cc4)CC3)n(C)c(=O)c3ccccc23)cc1. The standard InChI is InChI=1S/C30H28FN3O4/c1-20-7-9-21(10-8-20)27-24-5-3-4-6-25(24)29(36)32(2)28(27)30(37)38-19-26(35)34-17-15-33(16-18-34)23-13-11-22(31)12-14-23/h3-14H,15-19H2,1-2H3. The Labute approximate surface area is 219 Å². The molecule has 0 unspecified atom stereocenters. The lowest BCUT2D eigenvalue weighted by molar-refractivity contribution is -0.134. The van der Waals surface area contributed by atoms with Gasteiger partial charge in [-0.2, -0.15) is 0 Å². The lowest BCUT2D eigenvalue weighted by Gasteiger charge is -2.36. The molecule has 2 heterocycles. The molecule has 1 aromatic heterocycles. The van der Waals surface area contributed by atoms with E-state index in [-0.39, 0.29) is 23.0 Å². The lowest BCUT2D eigenvalue weighted by Crippen LogP contribution is -2.50. The van der Waals surface area contributed by atoms with Crippen molar-refractivity contribution in [3.63, 3.8) is 0 Å². The van der Waals surface area contributed by atoms with E-state index in [1.165, 1.54) is 16.7 Å². The summed E-state index contributed by atoms with van der Waals surface area (Å²) >= 11 is 0. The number of hydrogen-bond acceptors (Lipinski definition) is 5. The number of pyridine rings is 1. The topological polar surface area (TPSA) is 71.9 Å². The minimum Gasteiger partial charge on any atom is -0.451 e. The van der Waals surface area contributed by atoms with Crippen LogP contribution in [-0.2, 0) is 16.6 Å². The normalized spacial score (nSPS) is 13.6. The number of ether oxygens (including phenoxy) is 1. The molecular weight excluding hydrogens is 485 g/mol. The molecule has 0 aliphatic carbocycles. The van der Waals surface area contributed by atoms with E-state index in [1.54, 1.807) is 36.2 Å². The number of hydrogen-bond donors (Lipinski definition) is 0. The summed E-state index contributed by atoms with van der Waals surface area (Å²) in [4.78, 5) is 43.1. The van der Waals surface area contributed by atoms with Crippen LogP contribution in [0.25, 0.3) is 21.9 Å². The largest absolute Gasteiger partial charge is 0.451 e. The third-order valence-electron chi connectivity index (χ3n) is 6.99. The van der Waals surface area contributed by atoms with Gasteiger partial charge in [-0.05, 0) is 48.2 Å². The number of benzene rings is 3. The van der Waals surface area contributed by atoms with Gasteiger partial charge in [0.2, 0.25) is 0 Å². The Kier molecular flexibility index (Phi) is 6.96. The zero-order valence-corrected chi connectivity index (χ0v) is 21.3. The van der Waals surface area contributed by atoms with Crippen molar-refractivity contribution in [2.24, 2.45) is 7.05 Å². The molecule has 8 heteroatoms. The molecule has 0 radical (unpaired) electrons. The summed E-state index contributed by atoms with van der Waals surface area (Å²) < 4.78 is 20.0. The molecule has 7 nitrogen and oxygen atoms in total. The Hall–Kier alpha value is -4.46. The third-order valence-corrected chi connectivity index (χ3v) is 6.99. The molecule has 1 aliphatic heterocycles. The van der Waals surface area contributed by atoms with Crippen LogP contribution in [0.4, 0.5) is 10.1 Å². The number of fused-ring (bicyclic) bond motifs is 1. The summed E-state index contributed by atoms with van der Waals surface area (Å²) in [6, 6.07) is 21.1. The molecule has 1 saturated heterocycles. The molecule has 38 heavy (non-hydrogen) atoms. The van der Waals surface area contributed by atoms with Gasteiger partial charge in [0.1, 0.15) is 11.5 Å². The van der Waals surface area contributed by atoms with Crippen molar-refractivity contribution in [2.45, 2.75) is 6.92 Å². The number of anilines is 1. The molecule has 0 saturated carbocycles. The number of amides is 1. The first kappa shape index (κ1) is 25.2. The van der Waals surface area contributed by atoms with Crippen molar-refractivity contribution in [3.05, 3.63) is 100 Å². The highest BCUT2D eigenvalue weighted by atomic mass is 19.1. The highest BCUT2D eigenvalue weighted by Crippen LogP contribution is 2.31. The Morgan fingerprint density at radius 2 is 1.50 bits per heavy atom. The number of aromatic nitrogens is 1. The van der Waals surface area contributed by atoms with Crippen LogP contribution in [-0.4, -0.2) is 54.1 Å². The van der Waals surface area contributed by atoms with Crippen molar-refractivity contribution in [3.8, 4) is 11.1 Å². The van der Waals surface area contributed by atoms with Crippen LogP contribution in [0.15, 0.2) is 77.6 Å². The summed E-state index contributed by atoms with van der Waals surface area (Å²) in [6.07, 6.45) is 0. The van der Waals surface area contributed by atoms with Gasteiger partial charge in [0.15, 0.2) is 6.61 Å².